The molecule has 0 radical (unpaired) electrons. The van der Waals surface area contributed by atoms with Crippen LogP contribution in [-0.4, -0.2) is 20.6 Å². The summed E-state index contributed by atoms with van der Waals surface area (Å²) in [6.07, 6.45) is 5.56. The third-order valence-corrected chi connectivity index (χ3v) is 3.80. The Labute approximate surface area is 111 Å². The molecule has 0 amide bonds. The monoisotopic (exact) mass is 246 g/mol. The number of hydrogen-bond donors (Lipinski definition) is 1. The van der Waals surface area contributed by atoms with E-state index in [0.717, 1.165) is 12.5 Å². The van der Waals surface area contributed by atoms with E-state index in [1.807, 2.05) is 0 Å². The van der Waals surface area contributed by atoms with E-state index in [4.69, 9.17) is 0 Å². The lowest BCUT2D eigenvalue weighted by Crippen LogP contribution is -2.21. The summed E-state index contributed by atoms with van der Waals surface area (Å²) < 4.78 is 0. The van der Waals surface area contributed by atoms with Crippen LogP contribution >= 0.6 is 0 Å². The van der Waals surface area contributed by atoms with Crippen LogP contribution < -0.4 is 10.2 Å². The van der Waals surface area contributed by atoms with Gasteiger partial charge in [-0.05, 0) is 43.0 Å². The van der Waals surface area contributed by atoms with E-state index in [0.29, 0.717) is 6.04 Å². The Balaban J connectivity index is 2.04. The molecule has 1 atom stereocenters. The zero-order chi connectivity index (χ0) is 13.0. The molecule has 100 valence electrons. The maximum Gasteiger partial charge on any atom is 0.0364 e. The zero-order valence-corrected chi connectivity index (χ0v) is 11.9. The number of nitrogens with zero attached hydrogens (tertiary/aromatic N) is 1. The largest absolute Gasteiger partial charge is 0.378 e. The zero-order valence-electron chi connectivity index (χ0n) is 11.9. The van der Waals surface area contributed by atoms with Crippen LogP contribution in [0.1, 0.15) is 44.2 Å². The van der Waals surface area contributed by atoms with E-state index in [1.165, 1.54) is 36.9 Å². The first-order chi connectivity index (χ1) is 8.70. The Morgan fingerprint density at radius 1 is 1.33 bits per heavy atom. The Morgan fingerprint density at radius 2 is 2.11 bits per heavy atom. The van der Waals surface area contributed by atoms with E-state index in [9.17, 15) is 0 Å². The molecule has 2 heteroatoms. The maximum absolute atomic E-state index is 3.63. The molecule has 18 heavy (non-hydrogen) atoms. The predicted molar refractivity (Wildman–Crippen MR) is 79.1 cm³/mol. The lowest BCUT2D eigenvalue weighted by molar-refractivity contribution is 0.482. The summed E-state index contributed by atoms with van der Waals surface area (Å²) in [6.45, 7) is 3.24. The molecule has 0 spiro atoms. The molecule has 0 bridgehead atoms. The van der Waals surface area contributed by atoms with Crippen molar-refractivity contribution in [3.05, 3.63) is 29.8 Å². The van der Waals surface area contributed by atoms with E-state index < -0.39 is 0 Å². The van der Waals surface area contributed by atoms with Crippen molar-refractivity contribution in [1.82, 2.24) is 5.32 Å². The van der Waals surface area contributed by atoms with Crippen LogP contribution in [0.4, 0.5) is 5.69 Å². The quantitative estimate of drug-likeness (QED) is 0.791. The Hall–Kier alpha value is -1.02. The van der Waals surface area contributed by atoms with Crippen molar-refractivity contribution >= 4 is 5.69 Å². The topological polar surface area (TPSA) is 15.3 Å². The van der Waals surface area contributed by atoms with Gasteiger partial charge < -0.3 is 10.2 Å². The lowest BCUT2D eigenvalue weighted by Gasteiger charge is -2.21. The van der Waals surface area contributed by atoms with Crippen LogP contribution in [-0.2, 0) is 0 Å². The van der Waals surface area contributed by atoms with Gasteiger partial charge in [-0.1, -0.05) is 31.9 Å². The van der Waals surface area contributed by atoms with Gasteiger partial charge in [-0.3, -0.25) is 0 Å². The Bertz CT molecular complexity index is 369. The highest BCUT2D eigenvalue weighted by Gasteiger charge is 2.22. The van der Waals surface area contributed by atoms with Gasteiger partial charge in [0.15, 0.2) is 0 Å². The van der Waals surface area contributed by atoms with Crippen molar-refractivity contribution < 1.29 is 0 Å². The predicted octanol–water partition coefficient (Wildman–Crippen LogP) is 3.59. The average Bonchev–Trinajstić information content (AvgIpc) is 3.18. The minimum Gasteiger partial charge on any atom is -0.378 e. The van der Waals surface area contributed by atoms with Crippen molar-refractivity contribution in [3.63, 3.8) is 0 Å². The number of benzene rings is 1. The van der Waals surface area contributed by atoms with Crippen molar-refractivity contribution in [2.75, 3.05) is 25.5 Å². The second-order valence-corrected chi connectivity index (χ2v) is 5.62. The average molecular weight is 246 g/mol. The van der Waals surface area contributed by atoms with E-state index in [1.54, 1.807) is 0 Å². The molecule has 1 fully saturated rings. The minimum atomic E-state index is 0.524. The highest BCUT2D eigenvalue weighted by atomic mass is 15.1. The SMILES string of the molecule is CCNC(CCC1CC1)c1cccc(N(C)C)c1. The van der Waals surface area contributed by atoms with E-state index in [-0.39, 0.29) is 0 Å². The number of nitrogens with one attached hydrogen (secondary N) is 1. The fraction of sp³-hybridized carbons (Fsp3) is 0.625. The molecule has 1 aromatic carbocycles. The first kappa shape index (κ1) is 13.4. The van der Waals surface area contributed by atoms with E-state index >= 15 is 0 Å². The highest BCUT2D eigenvalue weighted by Crippen LogP contribution is 2.36. The number of rotatable bonds is 7. The van der Waals surface area contributed by atoms with Crippen LogP contribution in [0.25, 0.3) is 0 Å². The van der Waals surface area contributed by atoms with Gasteiger partial charge in [0.1, 0.15) is 0 Å². The van der Waals surface area contributed by atoms with Crippen LogP contribution in [0.3, 0.4) is 0 Å². The fourth-order valence-electron chi connectivity index (χ4n) is 2.46. The first-order valence-corrected chi connectivity index (χ1v) is 7.21. The van der Waals surface area contributed by atoms with Gasteiger partial charge in [0.2, 0.25) is 0 Å². The van der Waals surface area contributed by atoms with Gasteiger partial charge in [-0.25, -0.2) is 0 Å². The molecule has 1 aliphatic rings. The van der Waals surface area contributed by atoms with Gasteiger partial charge >= 0.3 is 0 Å². The first-order valence-electron chi connectivity index (χ1n) is 7.21. The van der Waals surface area contributed by atoms with Crippen molar-refractivity contribution in [1.29, 1.82) is 0 Å². The molecule has 2 rings (SSSR count). The lowest BCUT2D eigenvalue weighted by atomic mass is 9.99. The third kappa shape index (κ3) is 3.74. The molecular weight excluding hydrogens is 220 g/mol. The minimum absolute atomic E-state index is 0.524. The van der Waals surface area contributed by atoms with Crippen LogP contribution in [0.2, 0.25) is 0 Å². The molecule has 0 aliphatic heterocycles. The van der Waals surface area contributed by atoms with Crippen molar-refractivity contribution in [3.8, 4) is 0 Å². The number of hydrogen-bond acceptors (Lipinski definition) is 2. The molecule has 1 N–H and O–H groups in total. The molecule has 0 aromatic heterocycles. The maximum atomic E-state index is 3.63. The molecule has 0 saturated heterocycles. The normalized spacial score (nSPS) is 16.6. The molecule has 1 aromatic rings. The van der Waals surface area contributed by atoms with Crippen LogP contribution in [0.5, 0.6) is 0 Å². The smallest absolute Gasteiger partial charge is 0.0364 e. The molecule has 1 saturated carbocycles. The third-order valence-electron chi connectivity index (χ3n) is 3.80. The summed E-state index contributed by atoms with van der Waals surface area (Å²) in [5.74, 6) is 1.02. The summed E-state index contributed by atoms with van der Waals surface area (Å²) in [5.41, 5.74) is 2.73. The standard InChI is InChI=1S/C16H26N2/c1-4-17-16(11-10-13-8-9-13)14-6-5-7-15(12-14)18(2)3/h5-7,12-13,16-17H,4,8-11H2,1-3H3. The van der Waals surface area contributed by atoms with Gasteiger partial charge in [0.25, 0.3) is 0 Å². The molecule has 1 aliphatic carbocycles. The second kappa shape index (κ2) is 6.24. The van der Waals surface area contributed by atoms with Gasteiger partial charge in [0, 0.05) is 25.8 Å². The Morgan fingerprint density at radius 3 is 2.72 bits per heavy atom. The van der Waals surface area contributed by atoms with E-state index in [2.05, 4.69) is 55.5 Å². The van der Waals surface area contributed by atoms with Crippen LogP contribution in [0, 0.1) is 5.92 Å². The molecule has 0 heterocycles. The van der Waals surface area contributed by atoms with Crippen molar-refractivity contribution in [2.45, 2.75) is 38.6 Å². The summed E-state index contributed by atoms with van der Waals surface area (Å²) in [7, 11) is 4.21. The molecular formula is C16H26N2. The Kier molecular flexibility index (Phi) is 4.65. The second-order valence-electron chi connectivity index (χ2n) is 5.62. The van der Waals surface area contributed by atoms with Gasteiger partial charge in [0.05, 0.1) is 0 Å². The van der Waals surface area contributed by atoms with Crippen molar-refractivity contribution in [2.24, 2.45) is 5.92 Å². The summed E-state index contributed by atoms with van der Waals surface area (Å²) in [4.78, 5) is 2.17. The van der Waals surface area contributed by atoms with Gasteiger partial charge in [-0.15, -0.1) is 0 Å². The molecule has 2 nitrogen and oxygen atoms in total. The number of anilines is 1. The summed E-state index contributed by atoms with van der Waals surface area (Å²) in [5, 5.41) is 3.63. The van der Waals surface area contributed by atoms with Crippen LogP contribution in [0.15, 0.2) is 24.3 Å². The molecule has 1 unspecified atom stereocenters. The highest BCUT2D eigenvalue weighted by molar-refractivity contribution is 5.47. The van der Waals surface area contributed by atoms with Gasteiger partial charge in [-0.2, -0.15) is 0 Å². The fourth-order valence-corrected chi connectivity index (χ4v) is 2.46. The summed E-state index contributed by atoms with van der Waals surface area (Å²) >= 11 is 0. The summed E-state index contributed by atoms with van der Waals surface area (Å²) in [6, 6.07) is 9.45.